The van der Waals surface area contributed by atoms with Crippen molar-refractivity contribution in [3.8, 4) is 11.3 Å². The van der Waals surface area contributed by atoms with Crippen molar-refractivity contribution in [2.75, 3.05) is 0 Å². The van der Waals surface area contributed by atoms with Crippen LogP contribution in [0.1, 0.15) is 5.56 Å². The molecule has 0 aliphatic rings. The summed E-state index contributed by atoms with van der Waals surface area (Å²) in [7, 11) is 0. The molecule has 7 rings (SSSR count). The molecule has 1 heterocycles. The van der Waals surface area contributed by atoms with Crippen molar-refractivity contribution >= 4 is 43.2 Å². The molecule has 1 aromatic heterocycles. The van der Waals surface area contributed by atoms with Crippen molar-refractivity contribution in [3.63, 3.8) is 0 Å². The average molecular weight is 447 g/mol. The monoisotopic (exact) mass is 446 g/mol. The second-order valence-corrected chi connectivity index (χ2v) is 9.24. The van der Waals surface area contributed by atoms with Gasteiger partial charge in [-0.1, -0.05) is 91.0 Å². The Morgan fingerprint density at radius 1 is 0.429 bits per heavy atom. The Morgan fingerprint density at radius 2 is 1.06 bits per heavy atom. The van der Waals surface area contributed by atoms with Crippen LogP contribution in [0.4, 0.5) is 0 Å². The van der Waals surface area contributed by atoms with Crippen LogP contribution in [-0.2, 0) is 6.54 Å². The van der Waals surface area contributed by atoms with Gasteiger partial charge in [-0.2, -0.15) is 4.57 Å². The maximum absolute atomic E-state index is 2.49. The summed E-state index contributed by atoms with van der Waals surface area (Å²) in [6, 6.07) is 48.5. The molecule has 0 spiro atoms. The van der Waals surface area contributed by atoms with Gasteiger partial charge < -0.3 is 0 Å². The standard InChI is InChI=1S/C34H24N/c1-2-10-24(11-3-1)23-35-32-17-9-7-12-25(32)18-19-33(35)34-30-16-8-6-15-28(30)21-29-20-26-13-4-5-14-27(26)22-31(29)34/h1-22H,23H2/q+1. The smallest absolute Gasteiger partial charge is 0.187 e. The molecule has 0 unspecified atom stereocenters. The van der Waals surface area contributed by atoms with Gasteiger partial charge in [0.25, 0.3) is 0 Å². The molecule has 164 valence electrons. The normalized spacial score (nSPS) is 11.5. The molecule has 0 aliphatic carbocycles. The Balaban J connectivity index is 1.63. The molecule has 0 fully saturated rings. The van der Waals surface area contributed by atoms with Crippen molar-refractivity contribution in [1.82, 2.24) is 0 Å². The third-order valence-electron chi connectivity index (χ3n) is 7.11. The van der Waals surface area contributed by atoms with E-state index in [0.717, 1.165) is 6.54 Å². The molecular weight excluding hydrogens is 422 g/mol. The number of benzene rings is 6. The Kier molecular flexibility index (Phi) is 4.60. The van der Waals surface area contributed by atoms with Crippen LogP contribution in [0.15, 0.2) is 133 Å². The van der Waals surface area contributed by atoms with Crippen molar-refractivity contribution in [3.05, 3.63) is 139 Å². The van der Waals surface area contributed by atoms with E-state index in [2.05, 4.69) is 138 Å². The number of fused-ring (bicyclic) bond motifs is 4. The van der Waals surface area contributed by atoms with Gasteiger partial charge in [-0.3, -0.25) is 0 Å². The second-order valence-electron chi connectivity index (χ2n) is 9.24. The van der Waals surface area contributed by atoms with E-state index in [0.29, 0.717) is 0 Å². The summed E-state index contributed by atoms with van der Waals surface area (Å²) < 4.78 is 2.49. The zero-order valence-electron chi connectivity index (χ0n) is 19.4. The summed E-state index contributed by atoms with van der Waals surface area (Å²) in [4.78, 5) is 0. The molecule has 0 saturated carbocycles. The lowest BCUT2D eigenvalue weighted by molar-refractivity contribution is -0.651. The zero-order valence-corrected chi connectivity index (χ0v) is 19.4. The highest BCUT2D eigenvalue weighted by atomic mass is 15.0. The van der Waals surface area contributed by atoms with Gasteiger partial charge in [-0.15, -0.1) is 0 Å². The fraction of sp³-hybridized carbons (Fsp3) is 0.0294. The Hall–Kier alpha value is -4.49. The number of nitrogens with zero attached hydrogens (tertiary/aromatic N) is 1. The quantitative estimate of drug-likeness (QED) is 0.190. The first-order valence-corrected chi connectivity index (χ1v) is 12.2. The van der Waals surface area contributed by atoms with Crippen LogP contribution in [-0.4, -0.2) is 0 Å². The van der Waals surface area contributed by atoms with E-state index in [-0.39, 0.29) is 0 Å². The van der Waals surface area contributed by atoms with Gasteiger partial charge in [-0.25, -0.2) is 0 Å². The van der Waals surface area contributed by atoms with Crippen LogP contribution in [0.2, 0.25) is 0 Å². The van der Waals surface area contributed by atoms with Gasteiger partial charge in [0.15, 0.2) is 6.54 Å². The number of para-hydroxylation sites is 1. The number of hydrogen-bond acceptors (Lipinski definition) is 0. The van der Waals surface area contributed by atoms with E-state index < -0.39 is 0 Å². The molecule has 1 heteroatoms. The molecular formula is C34H24N+. The highest BCUT2D eigenvalue weighted by molar-refractivity contribution is 6.15. The second kappa shape index (κ2) is 8.07. The molecule has 0 atom stereocenters. The van der Waals surface area contributed by atoms with Gasteiger partial charge in [-0.05, 0) is 62.6 Å². The largest absolute Gasteiger partial charge is 0.214 e. The lowest BCUT2D eigenvalue weighted by Crippen LogP contribution is -2.37. The molecule has 0 radical (unpaired) electrons. The van der Waals surface area contributed by atoms with Gasteiger partial charge in [0.2, 0.25) is 11.2 Å². The maximum Gasteiger partial charge on any atom is 0.214 e. The minimum Gasteiger partial charge on any atom is -0.187 e. The first-order valence-electron chi connectivity index (χ1n) is 12.2. The van der Waals surface area contributed by atoms with Crippen LogP contribution in [0.25, 0.3) is 54.5 Å². The van der Waals surface area contributed by atoms with Crippen LogP contribution in [0.3, 0.4) is 0 Å². The van der Waals surface area contributed by atoms with Gasteiger partial charge in [0.05, 0.1) is 5.56 Å². The molecule has 6 aromatic carbocycles. The van der Waals surface area contributed by atoms with Gasteiger partial charge in [0.1, 0.15) is 0 Å². The fourth-order valence-electron chi connectivity index (χ4n) is 5.45. The van der Waals surface area contributed by atoms with Crippen LogP contribution in [0.5, 0.6) is 0 Å². The summed E-state index contributed by atoms with van der Waals surface area (Å²) >= 11 is 0. The minimum absolute atomic E-state index is 0.815. The number of pyridine rings is 1. The topological polar surface area (TPSA) is 3.88 Å². The van der Waals surface area contributed by atoms with Crippen LogP contribution in [0, 0.1) is 0 Å². The predicted octanol–water partition coefficient (Wildman–Crippen LogP) is 8.30. The third kappa shape index (κ3) is 3.36. The highest BCUT2D eigenvalue weighted by Crippen LogP contribution is 2.37. The third-order valence-corrected chi connectivity index (χ3v) is 7.11. The predicted molar refractivity (Wildman–Crippen MR) is 148 cm³/mol. The van der Waals surface area contributed by atoms with Gasteiger partial charge >= 0.3 is 0 Å². The number of aromatic nitrogens is 1. The SMILES string of the molecule is c1ccc(C[n+]2c(-c3c4ccccc4cc4cc5ccccc5cc34)ccc3ccccc32)cc1. The first kappa shape index (κ1) is 19.9. The lowest BCUT2D eigenvalue weighted by atomic mass is 9.92. The van der Waals surface area contributed by atoms with E-state index >= 15 is 0 Å². The molecule has 0 amide bonds. The summed E-state index contributed by atoms with van der Waals surface area (Å²) in [5, 5.41) is 8.92. The number of hydrogen-bond donors (Lipinski definition) is 0. The van der Waals surface area contributed by atoms with Crippen molar-refractivity contribution in [2.45, 2.75) is 6.54 Å². The summed E-state index contributed by atoms with van der Waals surface area (Å²) in [6.45, 7) is 0.815. The Bertz CT molecular complexity index is 1860. The minimum atomic E-state index is 0.815. The Labute approximate surface area is 204 Å². The van der Waals surface area contributed by atoms with E-state index in [1.54, 1.807) is 0 Å². The fourth-order valence-corrected chi connectivity index (χ4v) is 5.45. The van der Waals surface area contributed by atoms with E-state index in [9.17, 15) is 0 Å². The maximum atomic E-state index is 2.49. The van der Waals surface area contributed by atoms with Crippen molar-refractivity contribution < 1.29 is 4.57 Å². The average Bonchev–Trinajstić information content (AvgIpc) is 2.92. The van der Waals surface area contributed by atoms with Crippen molar-refractivity contribution in [1.29, 1.82) is 0 Å². The van der Waals surface area contributed by atoms with E-state index in [1.807, 2.05) is 0 Å². The molecule has 0 saturated heterocycles. The van der Waals surface area contributed by atoms with Crippen molar-refractivity contribution in [2.24, 2.45) is 0 Å². The Morgan fingerprint density at radius 3 is 1.89 bits per heavy atom. The molecule has 0 bridgehead atoms. The van der Waals surface area contributed by atoms with E-state index in [4.69, 9.17) is 0 Å². The van der Waals surface area contributed by atoms with Crippen LogP contribution >= 0.6 is 0 Å². The summed E-state index contributed by atoms with van der Waals surface area (Å²) in [6.07, 6.45) is 0. The molecule has 1 nitrogen and oxygen atoms in total. The molecule has 0 N–H and O–H groups in total. The number of rotatable bonds is 3. The lowest BCUT2D eigenvalue weighted by Gasteiger charge is -2.14. The highest BCUT2D eigenvalue weighted by Gasteiger charge is 2.22. The zero-order chi connectivity index (χ0) is 23.2. The summed E-state index contributed by atoms with van der Waals surface area (Å²) in [5.41, 5.74) is 5.08. The first-order chi connectivity index (χ1) is 17.3. The van der Waals surface area contributed by atoms with Gasteiger partial charge in [0, 0.05) is 23.1 Å². The molecule has 7 aromatic rings. The van der Waals surface area contributed by atoms with Crippen LogP contribution < -0.4 is 4.57 Å². The molecule has 0 aliphatic heterocycles. The van der Waals surface area contributed by atoms with E-state index in [1.165, 1.54) is 60.0 Å². The molecule has 35 heavy (non-hydrogen) atoms. The summed E-state index contributed by atoms with van der Waals surface area (Å²) in [5.74, 6) is 0.